The molecule has 174 valence electrons. The number of amides is 2. The Hall–Kier alpha value is -4.53. The summed E-state index contributed by atoms with van der Waals surface area (Å²) in [6, 6.07) is 13.3. The van der Waals surface area contributed by atoms with E-state index in [-0.39, 0.29) is 22.9 Å². The average molecular weight is 469 g/mol. The molecule has 2 saturated heterocycles. The summed E-state index contributed by atoms with van der Waals surface area (Å²) in [5.74, 6) is -2.91. The molecule has 0 N–H and O–H groups in total. The summed E-state index contributed by atoms with van der Waals surface area (Å²) in [6.45, 7) is 1.62. The Morgan fingerprint density at radius 3 is 2.51 bits per heavy atom. The SMILES string of the molecule is Cc1cc([N+](=O)[O-])ccc1N1C(=O)[C@@H]2[C@H](C1=O)[C@H]1c3ccccc3C=CN1[C@@H]2C(=O)c1ccco1. The van der Waals surface area contributed by atoms with Gasteiger partial charge in [-0.1, -0.05) is 24.3 Å². The van der Waals surface area contributed by atoms with E-state index >= 15 is 0 Å². The van der Waals surface area contributed by atoms with Crippen molar-refractivity contribution in [2.75, 3.05) is 4.90 Å². The third-order valence-corrected chi connectivity index (χ3v) is 7.13. The largest absolute Gasteiger partial charge is 0.461 e. The van der Waals surface area contributed by atoms with Gasteiger partial charge in [-0.3, -0.25) is 24.5 Å². The predicted molar refractivity (Wildman–Crippen MR) is 124 cm³/mol. The van der Waals surface area contributed by atoms with Crippen LogP contribution < -0.4 is 4.90 Å². The van der Waals surface area contributed by atoms with Gasteiger partial charge >= 0.3 is 0 Å². The first-order valence-corrected chi connectivity index (χ1v) is 11.1. The van der Waals surface area contributed by atoms with Crippen molar-refractivity contribution >= 4 is 35.0 Å². The van der Waals surface area contributed by atoms with Crippen molar-refractivity contribution in [1.29, 1.82) is 0 Å². The molecular formula is C26H19N3O6. The molecule has 9 nitrogen and oxygen atoms in total. The molecule has 1 aromatic heterocycles. The number of non-ortho nitro benzene ring substituents is 1. The van der Waals surface area contributed by atoms with Crippen LogP contribution in [-0.4, -0.2) is 33.5 Å². The molecule has 2 aromatic carbocycles. The van der Waals surface area contributed by atoms with Crippen LogP contribution in [0.2, 0.25) is 0 Å². The predicted octanol–water partition coefficient (Wildman–Crippen LogP) is 3.89. The first kappa shape index (κ1) is 21.0. The standard InChI is InChI=1S/C26H19N3O6/c1-14-13-16(29(33)34)8-9-18(14)28-25(31)20-21(26(28)32)23(24(30)19-7-4-12-35-19)27-11-10-15-5-2-3-6-17(15)22(20)27/h2-13,20-23H,1H3/t20-,21+,22+,23-/m0/s1. The first-order valence-electron chi connectivity index (χ1n) is 11.1. The van der Waals surface area contributed by atoms with Gasteiger partial charge in [-0.05, 0) is 47.9 Å². The lowest BCUT2D eigenvalue weighted by Crippen LogP contribution is -2.44. The topological polar surface area (TPSA) is 114 Å². The number of nitro benzene ring substituents is 1. The van der Waals surface area contributed by atoms with Gasteiger partial charge in [-0.25, -0.2) is 4.90 Å². The monoisotopic (exact) mass is 469 g/mol. The van der Waals surface area contributed by atoms with Crippen LogP contribution in [-0.2, 0) is 9.59 Å². The summed E-state index contributed by atoms with van der Waals surface area (Å²) in [5.41, 5.74) is 2.37. The molecule has 35 heavy (non-hydrogen) atoms. The number of hydrogen-bond donors (Lipinski definition) is 0. The van der Waals surface area contributed by atoms with Gasteiger partial charge in [0.1, 0.15) is 6.04 Å². The summed E-state index contributed by atoms with van der Waals surface area (Å²) in [4.78, 5) is 54.8. The van der Waals surface area contributed by atoms with Crippen molar-refractivity contribution in [3.05, 3.63) is 99.6 Å². The van der Waals surface area contributed by atoms with Crippen molar-refractivity contribution in [2.45, 2.75) is 19.0 Å². The highest BCUT2D eigenvalue weighted by Crippen LogP contribution is 2.54. The second-order valence-electron chi connectivity index (χ2n) is 8.91. The van der Waals surface area contributed by atoms with E-state index in [1.807, 2.05) is 30.3 Å². The second kappa shape index (κ2) is 7.49. The summed E-state index contributed by atoms with van der Waals surface area (Å²) < 4.78 is 5.36. The number of aryl methyl sites for hydroxylation is 1. The zero-order valence-corrected chi connectivity index (χ0v) is 18.5. The fraction of sp³-hybridized carbons (Fsp3) is 0.192. The number of hydrogen-bond acceptors (Lipinski definition) is 7. The third-order valence-electron chi connectivity index (χ3n) is 7.13. The van der Waals surface area contributed by atoms with E-state index in [1.165, 1.54) is 24.5 Å². The summed E-state index contributed by atoms with van der Waals surface area (Å²) in [6.07, 6.45) is 5.05. The number of anilines is 1. The van der Waals surface area contributed by atoms with Crippen LogP contribution in [0.3, 0.4) is 0 Å². The van der Waals surface area contributed by atoms with Crippen LogP contribution in [0, 0.1) is 28.9 Å². The smallest absolute Gasteiger partial charge is 0.269 e. The number of Topliss-reactive ketones (excluding diaryl/α,β-unsaturated/α-hetero) is 1. The number of imide groups is 1. The number of nitro groups is 1. The van der Waals surface area contributed by atoms with Gasteiger partial charge in [0.25, 0.3) is 5.69 Å². The number of benzene rings is 2. The molecule has 3 aliphatic rings. The second-order valence-corrected chi connectivity index (χ2v) is 8.91. The van der Waals surface area contributed by atoms with Gasteiger partial charge in [0.15, 0.2) is 5.76 Å². The maximum atomic E-state index is 13.9. The molecule has 9 heteroatoms. The number of carbonyl (C=O) groups excluding carboxylic acids is 3. The van der Waals surface area contributed by atoms with Crippen molar-refractivity contribution in [3.63, 3.8) is 0 Å². The average Bonchev–Trinajstić information content (AvgIpc) is 3.56. The van der Waals surface area contributed by atoms with Gasteiger partial charge in [0, 0.05) is 18.3 Å². The van der Waals surface area contributed by atoms with E-state index in [0.29, 0.717) is 5.56 Å². The Morgan fingerprint density at radius 2 is 1.80 bits per heavy atom. The van der Waals surface area contributed by atoms with E-state index in [0.717, 1.165) is 16.0 Å². The molecule has 4 atom stereocenters. The van der Waals surface area contributed by atoms with Crippen LogP contribution in [0.4, 0.5) is 11.4 Å². The Balaban J connectivity index is 1.49. The normalized spacial score (nSPS) is 24.4. The zero-order valence-electron chi connectivity index (χ0n) is 18.5. The molecule has 6 rings (SSSR count). The molecule has 3 aliphatic heterocycles. The Morgan fingerprint density at radius 1 is 1.03 bits per heavy atom. The Labute approximate surface area is 199 Å². The zero-order chi connectivity index (χ0) is 24.4. The summed E-state index contributed by atoms with van der Waals surface area (Å²) >= 11 is 0. The minimum absolute atomic E-state index is 0.117. The molecule has 0 unspecified atom stereocenters. The molecule has 2 fully saturated rings. The lowest BCUT2D eigenvalue weighted by molar-refractivity contribution is -0.384. The van der Waals surface area contributed by atoms with E-state index in [4.69, 9.17) is 4.42 Å². The van der Waals surface area contributed by atoms with Crippen LogP contribution in [0.1, 0.15) is 33.3 Å². The van der Waals surface area contributed by atoms with Gasteiger partial charge < -0.3 is 9.32 Å². The number of fused-ring (bicyclic) bond motifs is 5. The minimum Gasteiger partial charge on any atom is -0.461 e. The number of rotatable bonds is 4. The van der Waals surface area contributed by atoms with Gasteiger partial charge in [-0.2, -0.15) is 0 Å². The molecule has 4 heterocycles. The van der Waals surface area contributed by atoms with Crippen molar-refractivity contribution in [2.24, 2.45) is 11.8 Å². The lowest BCUT2D eigenvalue weighted by Gasteiger charge is -2.35. The molecule has 0 saturated carbocycles. The highest BCUT2D eigenvalue weighted by Gasteiger charge is 2.65. The van der Waals surface area contributed by atoms with E-state index in [9.17, 15) is 24.5 Å². The van der Waals surface area contributed by atoms with Gasteiger partial charge in [0.2, 0.25) is 17.6 Å². The molecule has 0 spiro atoms. The number of nitrogens with zero attached hydrogens (tertiary/aromatic N) is 3. The Kier molecular flexibility index (Phi) is 4.50. The summed E-state index contributed by atoms with van der Waals surface area (Å²) in [5, 5.41) is 11.2. The maximum absolute atomic E-state index is 13.9. The van der Waals surface area contributed by atoms with Crippen LogP contribution >= 0.6 is 0 Å². The summed E-state index contributed by atoms with van der Waals surface area (Å²) in [7, 11) is 0. The van der Waals surface area contributed by atoms with E-state index in [2.05, 4.69) is 0 Å². The Bertz CT molecular complexity index is 1440. The molecule has 2 amide bonds. The van der Waals surface area contributed by atoms with Gasteiger partial charge in [-0.15, -0.1) is 0 Å². The molecule has 0 bridgehead atoms. The quantitative estimate of drug-likeness (QED) is 0.246. The van der Waals surface area contributed by atoms with Crippen LogP contribution in [0.5, 0.6) is 0 Å². The number of furan rings is 1. The fourth-order valence-electron chi connectivity index (χ4n) is 5.66. The molecular weight excluding hydrogens is 450 g/mol. The minimum atomic E-state index is -0.935. The fourth-order valence-corrected chi connectivity index (χ4v) is 5.66. The lowest BCUT2D eigenvalue weighted by atomic mass is 9.84. The van der Waals surface area contributed by atoms with Crippen molar-refractivity contribution in [3.8, 4) is 0 Å². The number of ketones is 1. The highest BCUT2D eigenvalue weighted by atomic mass is 16.6. The molecule has 3 aromatic rings. The number of carbonyl (C=O) groups is 3. The van der Waals surface area contributed by atoms with Crippen molar-refractivity contribution < 1.29 is 23.7 Å². The molecule has 0 aliphatic carbocycles. The maximum Gasteiger partial charge on any atom is 0.269 e. The third kappa shape index (κ3) is 2.91. The highest BCUT2D eigenvalue weighted by molar-refractivity contribution is 6.25. The van der Waals surface area contributed by atoms with Crippen molar-refractivity contribution in [1.82, 2.24) is 4.90 Å². The van der Waals surface area contributed by atoms with Gasteiger partial charge in [0.05, 0.1) is 34.8 Å². The van der Waals surface area contributed by atoms with Crippen LogP contribution in [0.25, 0.3) is 6.08 Å². The van der Waals surface area contributed by atoms with E-state index in [1.54, 1.807) is 30.2 Å². The van der Waals surface area contributed by atoms with Crippen LogP contribution in [0.15, 0.2) is 71.5 Å². The first-order chi connectivity index (χ1) is 16.9. The van der Waals surface area contributed by atoms with E-state index < -0.39 is 40.7 Å². The molecule has 0 radical (unpaired) electrons.